The van der Waals surface area contributed by atoms with Gasteiger partial charge in [0.2, 0.25) is 5.91 Å². The van der Waals surface area contributed by atoms with Crippen molar-refractivity contribution in [2.24, 2.45) is 5.73 Å². The SMILES string of the molecule is NC(=O)CCn1cnc2c(Cl)cc(Cl)cc2c1=O. The topological polar surface area (TPSA) is 78.0 Å². The molecule has 0 spiro atoms. The van der Waals surface area contributed by atoms with Crippen LogP contribution in [0.1, 0.15) is 6.42 Å². The highest BCUT2D eigenvalue weighted by Gasteiger charge is 2.09. The van der Waals surface area contributed by atoms with E-state index in [-0.39, 0.29) is 18.5 Å². The molecule has 0 saturated heterocycles. The minimum Gasteiger partial charge on any atom is -0.370 e. The number of nitrogens with zero attached hydrogens (tertiary/aromatic N) is 2. The van der Waals surface area contributed by atoms with Crippen molar-refractivity contribution in [1.29, 1.82) is 0 Å². The molecule has 2 aromatic rings. The Kier molecular flexibility index (Phi) is 3.54. The predicted molar refractivity (Wildman–Crippen MR) is 69.8 cm³/mol. The van der Waals surface area contributed by atoms with E-state index < -0.39 is 5.91 Å². The van der Waals surface area contributed by atoms with E-state index in [2.05, 4.69) is 4.98 Å². The van der Waals surface area contributed by atoms with Crippen molar-refractivity contribution < 1.29 is 4.79 Å². The molecule has 18 heavy (non-hydrogen) atoms. The van der Waals surface area contributed by atoms with Crippen molar-refractivity contribution in [2.75, 3.05) is 0 Å². The van der Waals surface area contributed by atoms with Gasteiger partial charge in [0.05, 0.1) is 22.3 Å². The molecule has 0 bridgehead atoms. The molecule has 2 rings (SSSR count). The molecule has 94 valence electrons. The summed E-state index contributed by atoms with van der Waals surface area (Å²) in [5, 5.41) is 0.996. The Hall–Kier alpha value is -1.59. The smallest absolute Gasteiger partial charge is 0.261 e. The van der Waals surface area contributed by atoms with Gasteiger partial charge in [-0.2, -0.15) is 0 Å². The minimum atomic E-state index is -0.480. The van der Waals surface area contributed by atoms with E-state index in [0.29, 0.717) is 20.9 Å². The molecule has 0 aliphatic heterocycles. The highest BCUT2D eigenvalue weighted by molar-refractivity contribution is 6.38. The number of fused-ring (bicyclic) bond motifs is 1. The summed E-state index contributed by atoms with van der Waals surface area (Å²) in [6, 6.07) is 3.02. The predicted octanol–water partition coefficient (Wildman–Crippen LogP) is 1.58. The van der Waals surface area contributed by atoms with E-state index in [9.17, 15) is 9.59 Å². The van der Waals surface area contributed by atoms with Gasteiger partial charge in [-0.25, -0.2) is 4.98 Å². The fraction of sp³-hybridized carbons (Fsp3) is 0.182. The Balaban J connectivity index is 2.57. The van der Waals surface area contributed by atoms with E-state index in [1.165, 1.54) is 23.0 Å². The Labute approximate surface area is 112 Å². The van der Waals surface area contributed by atoms with Crippen LogP contribution in [0.4, 0.5) is 0 Å². The molecular weight excluding hydrogens is 277 g/mol. The Morgan fingerprint density at radius 1 is 1.39 bits per heavy atom. The summed E-state index contributed by atoms with van der Waals surface area (Å²) in [6.45, 7) is 0.182. The summed E-state index contributed by atoms with van der Waals surface area (Å²) in [5.41, 5.74) is 5.12. The van der Waals surface area contributed by atoms with Gasteiger partial charge in [-0.1, -0.05) is 23.2 Å². The second-order valence-corrected chi connectivity index (χ2v) is 4.59. The van der Waals surface area contributed by atoms with Gasteiger partial charge >= 0.3 is 0 Å². The zero-order chi connectivity index (χ0) is 13.3. The lowest BCUT2D eigenvalue weighted by Gasteiger charge is -2.06. The fourth-order valence-electron chi connectivity index (χ4n) is 1.58. The van der Waals surface area contributed by atoms with E-state index in [4.69, 9.17) is 28.9 Å². The normalized spacial score (nSPS) is 10.8. The standard InChI is InChI=1S/C11H9Cl2N3O2/c12-6-3-7-10(8(13)4-6)15-5-16(11(7)18)2-1-9(14)17/h3-5H,1-2H2,(H2,14,17). The van der Waals surface area contributed by atoms with Gasteiger partial charge < -0.3 is 5.73 Å². The van der Waals surface area contributed by atoms with Crippen LogP contribution < -0.4 is 11.3 Å². The number of nitrogens with two attached hydrogens (primary N) is 1. The number of hydrogen-bond acceptors (Lipinski definition) is 3. The first-order valence-corrected chi connectivity index (χ1v) is 5.87. The summed E-state index contributed by atoms with van der Waals surface area (Å²) >= 11 is 11.8. The van der Waals surface area contributed by atoms with Crippen LogP contribution >= 0.6 is 23.2 Å². The number of benzene rings is 1. The molecule has 0 unspecified atom stereocenters. The Morgan fingerprint density at radius 2 is 2.11 bits per heavy atom. The monoisotopic (exact) mass is 285 g/mol. The summed E-state index contributed by atoms with van der Waals surface area (Å²) in [4.78, 5) is 26.9. The van der Waals surface area contributed by atoms with E-state index in [1.807, 2.05) is 0 Å². The maximum Gasteiger partial charge on any atom is 0.261 e. The molecular formula is C11H9Cl2N3O2. The summed E-state index contributed by atoms with van der Waals surface area (Å²) in [5.74, 6) is -0.480. The van der Waals surface area contributed by atoms with Crippen LogP contribution in [-0.2, 0) is 11.3 Å². The third-order valence-corrected chi connectivity index (χ3v) is 2.95. The lowest BCUT2D eigenvalue weighted by Crippen LogP contribution is -2.23. The first-order chi connectivity index (χ1) is 8.49. The number of hydrogen-bond donors (Lipinski definition) is 1. The van der Waals surface area contributed by atoms with Crippen LogP contribution in [0.15, 0.2) is 23.3 Å². The fourth-order valence-corrected chi connectivity index (χ4v) is 2.13. The first-order valence-electron chi connectivity index (χ1n) is 5.11. The van der Waals surface area contributed by atoms with Crippen LogP contribution in [0.25, 0.3) is 10.9 Å². The van der Waals surface area contributed by atoms with Crippen molar-refractivity contribution in [3.05, 3.63) is 38.9 Å². The molecule has 0 saturated carbocycles. The van der Waals surface area contributed by atoms with E-state index >= 15 is 0 Å². The van der Waals surface area contributed by atoms with Gasteiger partial charge in [-0.15, -0.1) is 0 Å². The summed E-state index contributed by atoms with van der Waals surface area (Å²) < 4.78 is 1.31. The van der Waals surface area contributed by atoms with Crippen LogP contribution in [0.5, 0.6) is 0 Å². The second kappa shape index (κ2) is 4.96. The molecule has 1 aromatic carbocycles. The van der Waals surface area contributed by atoms with E-state index in [0.717, 1.165) is 0 Å². The van der Waals surface area contributed by atoms with Crippen molar-refractivity contribution in [1.82, 2.24) is 9.55 Å². The van der Waals surface area contributed by atoms with Crippen LogP contribution in [0, 0.1) is 0 Å². The number of rotatable bonds is 3. The largest absolute Gasteiger partial charge is 0.370 e. The molecule has 1 aromatic heterocycles. The maximum atomic E-state index is 12.1. The third kappa shape index (κ3) is 2.47. The molecule has 0 atom stereocenters. The number of carbonyl (C=O) groups excluding carboxylic acids is 1. The van der Waals surface area contributed by atoms with Crippen LogP contribution in [0.2, 0.25) is 10.0 Å². The molecule has 0 aliphatic carbocycles. The van der Waals surface area contributed by atoms with Gasteiger partial charge in [0, 0.05) is 18.0 Å². The minimum absolute atomic E-state index is 0.0708. The zero-order valence-corrected chi connectivity index (χ0v) is 10.7. The molecule has 0 aliphatic rings. The Morgan fingerprint density at radius 3 is 2.78 bits per heavy atom. The van der Waals surface area contributed by atoms with Crippen molar-refractivity contribution in [3.63, 3.8) is 0 Å². The van der Waals surface area contributed by atoms with Crippen molar-refractivity contribution in [3.8, 4) is 0 Å². The zero-order valence-electron chi connectivity index (χ0n) is 9.19. The quantitative estimate of drug-likeness (QED) is 0.930. The number of carbonyl (C=O) groups is 1. The molecule has 2 N–H and O–H groups in total. The highest BCUT2D eigenvalue weighted by atomic mass is 35.5. The average molecular weight is 286 g/mol. The van der Waals surface area contributed by atoms with Crippen LogP contribution in [-0.4, -0.2) is 15.5 Å². The maximum absolute atomic E-state index is 12.1. The van der Waals surface area contributed by atoms with Gasteiger partial charge in [0.1, 0.15) is 0 Å². The van der Waals surface area contributed by atoms with Gasteiger partial charge in [-0.05, 0) is 12.1 Å². The average Bonchev–Trinajstić information content (AvgIpc) is 2.29. The molecule has 7 heteroatoms. The lowest BCUT2D eigenvalue weighted by molar-refractivity contribution is -0.118. The number of aryl methyl sites for hydroxylation is 1. The van der Waals surface area contributed by atoms with Gasteiger partial charge in [0.25, 0.3) is 5.56 Å². The molecule has 1 heterocycles. The Bertz CT molecular complexity index is 682. The number of aromatic nitrogens is 2. The number of halogens is 2. The molecule has 1 amide bonds. The lowest BCUT2D eigenvalue weighted by atomic mass is 10.2. The number of primary amides is 1. The second-order valence-electron chi connectivity index (χ2n) is 3.74. The summed E-state index contributed by atoms with van der Waals surface area (Å²) in [7, 11) is 0. The summed E-state index contributed by atoms with van der Waals surface area (Å²) in [6.07, 6.45) is 1.41. The van der Waals surface area contributed by atoms with Gasteiger partial charge in [-0.3, -0.25) is 14.2 Å². The third-order valence-electron chi connectivity index (χ3n) is 2.44. The van der Waals surface area contributed by atoms with E-state index in [1.54, 1.807) is 0 Å². The first kappa shape index (κ1) is 12.9. The highest BCUT2D eigenvalue weighted by Crippen LogP contribution is 2.23. The van der Waals surface area contributed by atoms with Crippen molar-refractivity contribution in [2.45, 2.75) is 13.0 Å². The van der Waals surface area contributed by atoms with Crippen molar-refractivity contribution >= 4 is 40.0 Å². The molecule has 5 nitrogen and oxygen atoms in total. The molecule has 0 fully saturated rings. The number of amides is 1. The van der Waals surface area contributed by atoms with Gasteiger partial charge in [0.15, 0.2) is 0 Å². The molecule has 0 radical (unpaired) electrons. The van der Waals surface area contributed by atoms with Crippen LogP contribution in [0.3, 0.4) is 0 Å².